The maximum absolute atomic E-state index is 13.0. The molecule has 132 valence electrons. The third kappa shape index (κ3) is 3.98. The summed E-state index contributed by atoms with van der Waals surface area (Å²) in [5, 5.41) is 0.647. The Morgan fingerprint density at radius 1 is 1.08 bits per heavy atom. The smallest absolute Gasteiger partial charge is 0.327 e. The number of hydrogen-bond donors (Lipinski definition) is 0. The van der Waals surface area contributed by atoms with Gasteiger partial charge in [0.15, 0.2) is 0 Å². The Kier molecular flexibility index (Phi) is 4.78. The van der Waals surface area contributed by atoms with E-state index >= 15 is 0 Å². The monoisotopic (exact) mass is 366 g/mol. The number of benzene rings is 2. The van der Waals surface area contributed by atoms with Crippen molar-refractivity contribution in [2.75, 3.05) is 0 Å². The summed E-state index contributed by atoms with van der Waals surface area (Å²) in [6, 6.07) is 11.2. The zero-order valence-corrected chi connectivity index (χ0v) is 14.7. The van der Waals surface area contributed by atoms with E-state index < -0.39 is 11.7 Å². The molecule has 0 aliphatic carbocycles. The molecule has 1 aromatic heterocycles. The summed E-state index contributed by atoms with van der Waals surface area (Å²) in [5.74, 6) is 1.11. The van der Waals surface area contributed by atoms with Gasteiger partial charge in [0.05, 0.1) is 16.6 Å². The van der Waals surface area contributed by atoms with E-state index in [0.29, 0.717) is 29.4 Å². The van der Waals surface area contributed by atoms with E-state index in [4.69, 9.17) is 11.6 Å². The first-order valence-electron chi connectivity index (χ1n) is 8.05. The van der Waals surface area contributed by atoms with Crippen molar-refractivity contribution in [3.8, 4) is 0 Å². The minimum atomic E-state index is -4.37. The lowest BCUT2D eigenvalue weighted by atomic mass is 10.1. The second kappa shape index (κ2) is 6.71. The number of hydrogen-bond acceptors (Lipinski definition) is 1. The number of alkyl halides is 3. The molecule has 2 nitrogen and oxygen atoms in total. The molecule has 1 heterocycles. The van der Waals surface area contributed by atoms with Gasteiger partial charge in [-0.2, -0.15) is 13.2 Å². The molecule has 3 aromatic rings. The first-order valence-corrected chi connectivity index (χ1v) is 8.42. The van der Waals surface area contributed by atoms with E-state index in [9.17, 15) is 13.2 Å². The van der Waals surface area contributed by atoms with Crippen LogP contribution in [0.15, 0.2) is 42.5 Å². The van der Waals surface area contributed by atoms with Crippen LogP contribution in [-0.4, -0.2) is 9.55 Å². The summed E-state index contributed by atoms with van der Waals surface area (Å²) in [5.41, 5.74) is 1.44. The van der Waals surface area contributed by atoms with Crippen molar-refractivity contribution in [1.82, 2.24) is 9.55 Å². The molecule has 0 N–H and O–H groups in total. The Hall–Kier alpha value is -2.01. The van der Waals surface area contributed by atoms with Crippen molar-refractivity contribution in [2.24, 2.45) is 5.92 Å². The van der Waals surface area contributed by atoms with Gasteiger partial charge >= 0.3 is 6.18 Å². The minimum absolute atomic E-state index is 0.351. The minimum Gasteiger partial charge on any atom is -0.327 e. The maximum atomic E-state index is 13.0. The topological polar surface area (TPSA) is 17.8 Å². The maximum Gasteiger partial charge on any atom is 0.416 e. The van der Waals surface area contributed by atoms with E-state index in [1.165, 1.54) is 6.07 Å². The van der Waals surface area contributed by atoms with Crippen molar-refractivity contribution < 1.29 is 13.2 Å². The highest BCUT2D eigenvalue weighted by atomic mass is 35.5. The second-order valence-electron chi connectivity index (χ2n) is 6.54. The fourth-order valence-corrected chi connectivity index (χ4v) is 2.97. The summed E-state index contributed by atoms with van der Waals surface area (Å²) in [7, 11) is 0. The summed E-state index contributed by atoms with van der Waals surface area (Å²) in [6.07, 6.45) is -3.83. The average molecular weight is 367 g/mol. The van der Waals surface area contributed by atoms with Gasteiger partial charge in [-0.3, -0.25) is 0 Å². The van der Waals surface area contributed by atoms with Gasteiger partial charge < -0.3 is 4.57 Å². The van der Waals surface area contributed by atoms with Crippen molar-refractivity contribution in [1.29, 1.82) is 0 Å². The van der Waals surface area contributed by atoms with Crippen LogP contribution in [-0.2, 0) is 19.1 Å². The first kappa shape index (κ1) is 17.8. The average Bonchev–Trinajstić information content (AvgIpc) is 2.85. The fourth-order valence-electron chi connectivity index (χ4n) is 2.84. The van der Waals surface area contributed by atoms with Crippen LogP contribution >= 0.6 is 11.6 Å². The fraction of sp³-hybridized carbons (Fsp3) is 0.316. The molecule has 25 heavy (non-hydrogen) atoms. The molecule has 0 unspecified atom stereocenters. The van der Waals surface area contributed by atoms with E-state index in [1.807, 2.05) is 16.7 Å². The normalized spacial score (nSPS) is 12.3. The van der Waals surface area contributed by atoms with Gasteiger partial charge in [0, 0.05) is 18.0 Å². The zero-order valence-electron chi connectivity index (χ0n) is 13.9. The third-order valence-electron chi connectivity index (χ3n) is 3.98. The lowest BCUT2D eigenvalue weighted by Crippen LogP contribution is -2.09. The molecule has 0 aliphatic rings. The van der Waals surface area contributed by atoms with Crippen LogP contribution in [0.3, 0.4) is 0 Å². The predicted molar refractivity (Wildman–Crippen MR) is 93.8 cm³/mol. The number of imidazole rings is 1. The molecule has 0 atom stereocenters. The van der Waals surface area contributed by atoms with Gasteiger partial charge in [0.1, 0.15) is 5.82 Å². The molecular formula is C19H18ClF3N2. The first-order chi connectivity index (χ1) is 11.7. The summed E-state index contributed by atoms with van der Waals surface area (Å²) < 4.78 is 40.9. The third-order valence-corrected chi connectivity index (χ3v) is 4.23. The lowest BCUT2D eigenvalue weighted by molar-refractivity contribution is -0.137. The van der Waals surface area contributed by atoms with E-state index in [1.54, 1.807) is 12.1 Å². The summed E-state index contributed by atoms with van der Waals surface area (Å²) in [4.78, 5) is 4.49. The molecule has 0 saturated heterocycles. The molecule has 2 aromatic carbocycles. The number of halogens is 4. The molecule has 0 amide bonds. The van der Waals surface area contributed by atoms with Crippen molar-refractivity contribution >= 4 is 22.6 Å². The predicted octanol–water partition coefficient (Wildman–Crippen LogP) is 5.96. The highest BCUT2D eigenvalue weighted by molar-refractivity contribution is 6.30. The molecule has 0 aliphatic heterocycles. The molecule has 3 rings (SSSR count). The standard InChI is InChI=1S/C19H18ClF3N2/c1-12(2)11-25-17-8-5-14(19(21,22)23)10-16(17)24-18(25)9-13-3-6-15(20)7-4-13/h3-8,10,12H,9,11H2,1-2H3. The Labute approximate surface area is 149 Å². The van der Waals surface area contributed by atoms with Gasteiger partial charge in [-0.05, 0) is 41.8 Å². The zero-order chi connectivity index (χ0) is 18.2. The van der Waals surface area contributed by atoms with Gasteiger partial charge in [0.2, 0.25) is 0 Å². The van der Waals surface area contributed by atoms with Crippen LogP contribution in [0.2, 0.25) is 5.02 Å². The Balaban J connectivity index is 2.07. The van der Waals surface area contributed by atoms with Crippen LogP contribution < -0.4 is 0 Å². The van der Waals surface area contributed by atoms with Gasteiger partial charge in [0.25, 0.3) is 0 Å². The molecule has 0 fully saturated rings. The number of aromatic nitrogens is 2. The van der Waals surface area contributed by atoms with Gasteiger partial charge in [-0.1, -0.05) is 37.6 Å². The van der Waals surface area contributed by atoms with E-state index in [-0.39, 0.29) is 0 Å². The van der Waals surface area contributed by atoms with Crippen LogP contribution in [0.4, 0.5) is 13.2 Å². The second-order valence-corrected chi connectivity index (χ2v) is 6.97. The van der Waals surface area contributed by atoms with Crippen LogP contribution in [0.25, 0.3) is 11.0 Å². The number of nitrogens with zero attached hydrogens (tertiary/aromatic N) is 2. The Morgan fingerprint density at radius 3 is 2.36 bits per heavy atom. The number of fused-ring (bicyclic) bond motifs is 1. The van der Waals surface area contributed by atoms with Crippen LogP contribution in [0, 0.1) is 5.92 Å². The molecule has 0 saturated carbocycles. The van der Waals surface area contributed by atoms with Gasteiger partial charge in [-0.15, -0.1) is 0 Å². The molecule has 0 spiro atoms. The van der Waals surface area contributed by atoms with E-state index in [0.717, 1.165) is 29.0 Å². The summed E-state index contributed by atoms with van der Waals surface area (Å²) in [6.45, 7) is 4.84. The highest BCUT2D eigenvalue weighted by Crippen LogP contribution is 2.32. The van der Waals surface area contributed by atoms with Crippen LogP contribution in [0.5, 0.6) is 0 Å². The highest BCUT2D eigenvalue weighted by Gasteiger charge is 2.31. The molecule has 0 radical (unpaired) electrons. The quantitative estimate of drug-likeness (QED) is 0.557. The van der Waals surface area contributed by atoms with Gasteiger partial charge in [-0.25, -0.2) is 4.98 Å². The largest absolute Gasteiger partial charge is 0.416 e. The van der Waals surface area contributed by atoms with Crippen molar-refractivity contribution in [2.45, 2.75) is 33.0 Å². The van der Waals surface area contributed by atoms with Crippen LogP contribution in [0.1, 0.15) is 30.8 Å². The Bertz CT molecular complexity index is 880. The number of rotatable bonds is 4. The lowest BCUT2D eigenvalue weighted by Gasteiger charge is -2.12. The molecular weight excluding hydrogens is 349 g/mol. The molecule has 0 bridgehead atoms. The summed E-state index contributed by atoms with van der Waals surface area (Å²) >= 11 is 5.91. The molecule has 6 heteroatoms. The van der Waals surface area contributed by atoms with Crippen molar-refractivity contribution in [3.63, 3.8) is 0 Å². The van der Waals surface area contributed by atoms with E-state index in [2.05, 4.69) is 18.8 Å². The Morgan fingerprint density at radius 2 is 1.76 bits per heavy atom. The SMILES string of the molecule is CC(C)Cn1c(Cc2ccc(Cl)cc2)nc2cc(C(F)(F)F)ccc21. The van der Waals surface area contributed by atoms with Crippen molar-refractivity contribution in [3.05, 3.63) is 64.4 Å².